The number of aromatic nitrogens is 5. The third-order valence-electron chi connectivity index (χ3n) is 2.46. The van der Waals surface area contributed by atoms with Crippen LogP contribution in [0.1, 0.15) is 28.9 Å². The predicted octanol–water partition coefficient (Wildman–Crippen LogP) is 0.0306. The second-order valence-corrected chi connectivity index (χ2v) is 3.67. The molecule has 2 aromatic heterocycles. The van der Waals surface area contributed by atoms with E-state index in [1.165, 1.54) is 0 Å². The molecule has 0 saturated heterocycles. The second kappa shape index (κ2) is 4.77. The molecule has 0 bridgehead atoms. The first-order valence-corrected chi connectivity index (χ1v) is 5.36. The summed E-state index contributed by atoms with van der Waals surface area (Å²) in [4.78, 5) is 11.7. The maximum atomic E-state index is 11.7. The zero-order valence-corrected chi connectivity index (χ0v) is 9.77. The Hall–Kier alpha value is -2.18. The number of nitrogens with zero attached hydrogens (tertiary/aromatic N) is 4. The average Bonchev–Trinajstić information content (AvgIpc) is 2.94. The molecule has 0 spiro atoms. The normalized spacial score (nSPS) is 10.5. The number of aryl methyl sites for hydroxylation is 2. The molecule has 2 aromatic rings. The van der Waals surface area contributed by atoms with Crippen molar-refractivity contribution in [3.63, 3.8) is 0 Å². The van der Waals surface area contributed by atoms with E-state index >= 15 is 0 Å². The van der Waals surface area contributed by atoms with Gasteiger partial charge in [0.2, 0.25) is 0 Å². The summed E-state index contributed by atoms with van der Waals surface area (Å²) in [6.07, 6.45) is 2.41. The number of aromatic amines is 1. The first kappa shape index (κ1) is 11.3. The molecule has 1 amide bonds. The molecule has 0 atom stereocenters. The summed E-state index contributed by atoms with van der Waals surface area (Å²) < 4.78 is 1.75. The van der Waals surface area contributed by atoms with Crippen molar-refractivity contribution in [3.8, 4) is 0 Å². The third-order valence-corrected chi connectivity index (χ3v) is 2.46. The lowest BCUT2D eigenvalue weighted by molar-refractivity contribution is 0.0944. The molecule has 0 radical (unpaired) electrons. The van der Waals surface area contributed by atoms with Crippen LogP contribution in [0.3, 0.4) is 0 Å². The van der Waals surface area contributed by atoms with Gasteiger partial charge in [0.25, 0.3) is 5.91 Å². The maximum absolute atomic E-state index is 11.7. The molecule has 17 heavy (non-hydrogen) atoms. The van der Waals surface area contributed by atoms with Crippen LogP contribution < -0.4 is 5.32 Å². The lowest BCUT2D eigenvalue weighted by atomic mass is 10.3. The van der Waals surface area contributed by atoms with E-state index in [4.69, 9.17) is 0 Å². The van der Waals surface area contributed by atoms with Crippen molar-refractivity contribution < 1.29 is 4.79 Å². The van der Waals surface area contributed by atoms with Gasteiger partial charge in [0, 0.05) is 12.7 Å². The monoisotopic (exact) mass is 234 g/mol. The van der Waals surface area contributed by atoms with E-state index in [1.807, 2.05) is 14.0 Å². The highest BCUT2D eigenvalue weighted by atomic mass is 16.1. The molecular formula is C10H14N6O. The Balaban J connectivity index is 1.95. The van der Waals surface area contributed by atoms with E-state index in [2.05, 4.69) is 25.7 Å². The van der Waals surface area contributed by atoms with E-state index in [0.29, 0.717) is 18.1 Å². The van der Waals surface area contributed by atoms with Gasteiger partial charge in [-0.3, -0.25) is 9.89 Å². The fraction of sp³-hybridized carbons (Fsp3) is 0.400. The summed E-state index contributed by atoms with van der Waals surface area (Å²) in [7, 11) is 1.82. The number of hydrogen-bond donors (Lipinski definition) is 2. The van der Waals surface area contributed by atoms with Crippen molar-refractivity contribution in [2.75, 3.05) is 0 Å². The van der Waals surface area contributed by atoms with Crippen LogP contribution in [0.5, 0.6) is 0 Å². The van der Waals surface area contributed by atoms with Crippen molar-refractivity contribution in [1.29, 1.82) is 0 Å². The Kier molecular flexibility index (Phi) is 3.17. The van der Waals surface area contributed by atoms with Gasteiger partial charge < -0.3 is 9.88 Å². The van der Waals surface area contributed by atoms with Crippen molar-refractivity contribution in [2.24, 2.45) is 7.05 Å². The highest BCUT2D eigenvalue weighted by Gasteiger charge is 2.10. The smallest absolute Gasteiger partial charge is 0.272 e. The van der Waals surface area contributed by atoms with Crippen molar-refractivity contribution in [2.45, 2.75) is 19.9 Å². The Morgan fingerprint density at radius 1 is 1.59 bits per heavy atom. The maximum Gasteiger partial charge on any atom is 0.272 e. The number of carbonyl (C=O) groups excluding carboxylic acids is 1. The number of H-pyrrole nitrogens is 1. The largest absolute Gasteiger partial charge is 0.343 e. The molecule has 0 saturated carbocycles. The number of hydrogen-bond acceptors (Lipinski definition) is 4. The van der Waals surface area contributed by atoms with Crippen molar-refractivity contribution in [3.05, 3.63) is 29.6 Å². The van der Waals surface area contributed by atoms with Gasteiger partial charge in [-0.1, -0.05) is 6.92 Å². The summed E-state index contributed by atoms with van der Waals surface area (Å²) in [5, 5.41) is 17.1. The summed E-state index contributed by atoms with van der Waals surface area (Å²) in [5.41, 5.74) is 1.33. The summed E-state index contributed by atoms with van der Waals surface area (Å²) in [6, 6.07) is 1.74. The fourth-order valence-corrected chi connectivity index (χ4v) is 1.38. The highest BCUT2D eigenvalue weighted by molar-refractivity contribution is 5.92. The van der Waals surface area contributed by atoms with Crippen LogP contribution in [0.15, 0.2) is 12.4 Å². The van der Waals surface area contributed by atoms with Crippen LogP contribution in [0.4, 0.5) is 0 Å². The van der Waals surface area contributed by atoms with Crippen molar-refractivity contribution in [1.82, 2.24) is 30.3 Å². The molecule has 7 heteroatoms. The lowest BCUT2D eigenvalue weighted by Crippen LogP contribution is -2.24. The first-order valence-electron chi connectivity index (χ1n) is 5.36. The van der Waals surface area contributed by atoms with Gasteiger partial charge in [0.05, 0.1) is 6.54 Å². The van der Waals surface area contributed by atoms with Gasteiger partial charge in [0.15, 0.2) is 5.82 Å². The molecule has 2 rings (SSSR count). The molecule has 7 nitrogen and oxygen atoms in total. The molecule has 0 unspecified atom stereocenters. The van der Waals surface area contributed by atoms with Crippen LogP contribution in [-0.4, -0.2) is 30.9 Å². The Bertz CT molecular complexity index is 514. The minimum atomic E-state index is -0.219. The zero-order chi connectivity index (χ0) is 12.3. The van der Waals surface area contributed by atoms with E-state index in [9.17, 15) is 4.79 Å². The van der Waals surface area contributed by atoms with Gasteiger partial charge in [-0.15, -0.1) is 10.2 Å². The minimum Gasteiger partial charge on any atom is -0.343 e. The van der Waals surface area contributed by atoms with Crippen LogP contribution in [0.25, 0.3) is 0 Å². The lowest BCUT2D eigenvalue weighted by Gasteiger charge is -2.01. The van der Waals surface area contributed by atoms with Gasteiger partial charge >= 0.3 is 0 Å². The molecule has 0 fully saturated rings. The number of rotatable bonds is 4. The number of nitrogens with one attached hydrogen (secondary N) is 2. The summed E-state index contributed by atoms with van der Waals surface area (Å²) in [6.45, 7) is 2.33. The molecule has 2 heterocycles. The highest BCUT2D eigenvalue weighted by Crippen LogP contribution is 2.00. The molecule has 0 aromatic carbocycles. The summed E-state index contributed by atoms with van der Waals surface area (Å²) in [5.74, 6) is 0.480. The van der Waals surface area contributed by atoms with E-state index < -0.39 is 0 Å². The Morgan fingerprint density at radius 2 is 2.41 bits per heavy atom. The first-order chi connectivity index (χ1) is 8.20. The SMILES string of the molecule is CCc1cc(C(=O)NCc2nncn2C)n[nH]1. The Labute approximate surface area is 98.2 Å². The van der Waals surface area contributed by atoms with Gasteiger partial charge in [-0.05, 0) is 12.5 Å². The topological polar surface area (TPSA) is 88.5 Å². The molecule has 90 valence electrons. The number of amides is 1. The standard InChI is InChI=1S/C10H14N6O/c1-3-7-4-8(14-13-7)10(17)11-5-9-15-12-6-16(9)2/h4,6H,3,5H2,1-2H3,(H,11,17)(H,13,14). The molecule has 2 N–H and O–H groups in total. The van der Waals surface area contributed by atoms with Crippen LogP contribution in [-0.2, 0) is 20.0 Å². The fourth-order valence-electron chi connectivity index (χ4n) is 1.38. The third kappa shape index (κ3) is 2.49. The molecule has 0 aliphatic heterocycles. The molecular weight excluding hydrogens is 220 g/mol. The van der Waals surface area contributed by atoms with Gasteiger partial charge in [0.1, 0.15) is 12.0 Å². The molecule has 0 aliphatic rings. The van der Waals surface area contributed by atoms with Gasteiger partial charge in [-0.2, -0.15) is 5.10 Å². The minimum absolute atomic E-state index is 0.219. The van der Waals surface area contributed by atoms with Gasteiger partial charge in [-0.25, -0.2) is 0 Å². The van der Waals surface area contributed by atoms with Crippen LogP contribution >= 0.6 is 0 Å². The van der Waals surface area contributed by atoms with Crippen LogP contribution in [0, 0.1) is 0 Å². The molecule has 0 aliphatic carbocycles. The van der Waals surface area contributed by atoms with E-state index in [-0.39, 0.29) is 5.91 Å². The second-order valence-electron chi connectivity index (χ2n) is 3.67. The quantitative estimate of drug-likeness (QED) is 0.781. The summed E-state index contributed by atoms with van der Waals surface area (Å²) >= 11 is 0. The Morgan fingerprint density at radius 3 is 3.00 bits per heavy atom. The van der Waals surface area contributed by atoms with Crippen molar-refractivity contribution >= 4 is 5.91 Å². The van der Waals surface area contributed by atoms with E-state index in [0.717, 1.165) is 12.1 Å². The zero-order valence-electron chi connectivity index (χ0n) is 9.77. The van der Waals surface area contributed by atoms with E-state index in [1.54, 1.807) is 17.0 Å². The predicted molar refractivity (Wildman–Crippen MR) is 60.1 cm³/mol. The number of carbonyl (C=O) groups is 1. The average molecular weight is 234 g/mol. The van der Waals surface area contributed by atoms with Crippen LogP contribution in [0.2, 0.25) is 0 Å².